The van der Waals surface area contributed by atoms with E-state index in [1.165, 1.54) is 23.0 Å². The zero-order valence-electron chi connectivity index (χ0n) is 8.69. The monoisotopic (exact) mass is 223 g/mol. The fourth-order valence-electron chi connectivity index (χ4n) is 1.62. The van der Waals surface area contributed by atoms with Crippen LogP contribution in [0, 0.1) is 11.6 Å². The molecule has 84 valence electrons. The molecule has 16 heavy (non-hydrogen) atoms. The number of nitrogens with two attached hydrogens (primary N) is 1. The maximum Gasteiger partial charge on any atom is 0.164 e. The average Bonchev–Trinajstić information content (AvgIpc) is 2.68. The summed E-state index contributed by atoms with van der Waals surface area (Å²) in [4.78, 5) is 0. The molecule has 0 spiro atoms. The van der Waals surface area contributed by atoms with E-state index in [1.807, 2.05) is 0 Å². The first-order chi connectivity index (χ1) is 7.61. The molecule has 2 aromatic rings. The van der Waals surface area contributed by atoms with Crippen LogP contribution in [-0.2, 0) is 0 Å². The van der Waals surface area contributed by atoms with Crippen LogP contribution < -0.4 is 5.73 Å². The number of hydrogen-bond donors (Lipinski definition) is 1. The lowest BCUT2D eigenvalue weighted by Crippen LogP contribution is -2.13. The molecule has 1 unspecified atom stereocenters. The van der Waals surface area contributed by atoms with Crippen molar-refractivity contribution in [2.45, 2.75) is 13.0 Å². The van der Waals surface area contributed by atoms with Crippen molar-refractivity contribution in [3.8, 4) is 0 Å². The van der Waals surface area contributed by atoms with E-state index in [0.717, 1.165) is 6.07 Å². The maximum atomic E-state index is 13.5. The first-order valence-electron chi connectivity index (χ1n) is 4.84. The van der Waals surface area contributed by atoms with Crippen molar-refractivity contribution in [3.05, 3.63) is 47.7 Å². The number of anilines is 1. The van der Waals surface area contributed by atoms with Crippen LogP contribution in [-0.4, -0.2) is 9.78 Å². The zero-order chi connectivity index (χ0) is 11.7. The predicted molar refractivity (Wildman–Crippen MR) is 56.8 cm³/mol. The SMILES string of the molecule is CC(c1cccc(F)c1F)n1nccc1N. The molecule has 1 atom stereocenters. The van der Waals surface area contributed by atoms with Gasteiger partial charge in [-0.2, -0.15) is 5.10 Å². The van der Waals surface area contributed by atoms with Gasteiger partial charge in [0.25, 0.3) is 0 Å². The Hall–Kier alpha value is -1.91. The number of aromatic nitrogens is 2. The van der Waals surface area contributed by atoms with Crippen LogP contribution >= 0.6 is 0 Å². The molecule has 0 aliphatic heterocycles. The third-order valence-electron chi connectivity index (χ3n) is 2.50. The first kappa shape index (κ1) is 10.6. The lowest BCUT2D eigenvalue weighted by atomic mass is 10.1. The Balaban J connectivity index is 2.46. The van der Waals surface area contributed by atoms with Crippen molar-refractivity contribution < 1.29 is 8.78 Å². The summed E-state index contributed by atoms with van der Waals surface area (Å²) in [5.41, 5.74) is 5.88. The molecule has 2 rings (SSSR count). The molecular weight excluding hydrogens is 212 g/mol. The van der Waals surface area contributed by atoms with Crippen LogP contribution in [0.5, 0.6) is 0 Å². The van der Waals surface area contributed by atoms with E-state index in [0.29, 0.717) is 5.82 Å². The molecule has 3 nitrogen and oxygen atoms in total. The summed E-state index contributed by atoms with van der Waals surface area (Å²) in [6.45, 7) is 1.71. The number of nitrogens with zero attached hydrogens (tertiary/aromatic N) is 2. The molecular formula is C11H11F2N3. The van der Waals surface area contributed by atoms with E-state index in [1.54, 1.807) is 13.0 Å². The molecule has 0 saturated carbocycles. The number of halogens is 2. The molecule has 0 aliphatic rings. The van der Waals surface area contributed by atoms with Crippen molar-refractivity contribution in [1.29, 1.82) is 0 Å². The molecule has 1 aromatic carbocycles. The van der Waals surface area contributed by atoms with Crippen molar-refractivity contribution in [1.82, 2.24) is 9.78 Å². The molecule has 0 saturated heterocycles. The van der Waals surface area contributed by atoms with Gasteiger partial charge in [-0.25, -0.2) is 13.5 Å². The number of benzene rings is 1. The van der Waals surface area contributed by atoms with Crippen molar-refractivity contribution in [2.75, 3.05) is 5.73 Å². The minimum absolute atomic E-state index is 0.232. The zero-order valence-corrected chi connectivity index (χ0v) is 8.69. The van der Waals surface area contributed by atoms with Gasteiger partial charge < -0.3 is 5.73 Å². The number of hydrogen-bond acceptors (Lipinski definition) is 2. The van der Waals surface area contributed by atoms with E-state index in [9.17, 15) is 8.78 Å². The van der Waals surface area contributed by atoms with Crippen molar-refractivity contribution in [3.63, 3.8) is 0 Å². The summed E-state index contributed by atoms with van der Waals surface area (Å²) in [5.74, 6) is -1.31. The van der Waals surface area contributed by atoms with Crippen LogP contribution in [0.1, 0.15) is 18.5 Å². The lowest BCUT2D eigenvalue weighted by Gasteiger charge is -2.15. The van der Waals surface area contributed by atoms with Crippen LogP contribution in [0.2, 0.25) is 0 Å². The van der Waals surface area contributed by atoms with Gasteiger partial charge in [-0.05, 0) is 19.1 Å². The average molecular weight is 223 g/mol. The Labute approximate surface area is 91.5 Å². The fourth-order valence-corrected chi connectivity index (χ4v) is 1.62. The standard InChI is InChI=1S/C11H11F2N3/c1-7(16-10(14)5-6-15-16)8-3-2-4-9(12)11(8)13/h2-7H,14H2,1H3. The minimum atomic E-state index is -0.866. The molecule has 0 radical (unpaired) electrons. The molecule has 1 aromatic heterocycles. The summed E-state index contributed by atoms with van der Waals surface area (Å²) < 4.78 is 28.0. The summed E-state index contributed by atoms with van der Waals surface area (Å²) in [5, 5.41) is 3.97. The normalized spacial score (nSPS) is 12.7. The Morgan fingerprint density at radius 2 is 2.06 bits per heavy atom. The third kappa shape index (κ3) is 1.64. The van der Waals surface area contributed by atoms with Crippen LogP contribution in [0.25, 0.3) is 0 Å². The summed E-state index contributed by atoms with van der Waals surface area (Å²) in [6.07, 6.45) is 1.52. The number of rotatable bonds is 2. The van der Waals surface area contributed by atoms with E-state index >= 15 is 0 Å². The molecule has 0 bridgehead atoms. The summed E-state index contributed by atoms with van der Waals surface area (Å²) >= 11 is 0. The largest absolute Gasteiger partial charge is 0.384 e. The van der Waals surface area contributed by atoms with Gasteiger partial charge in [0.2, 0.25) is 0 Å². The van der Waals surface area contributed by atoms with Crippen molar-refractivity contribution in [2.24, 2.45) is 0 Å². The Morgan fingerprint density at radius 3 is 2.69 bits per heavy atom. The predicted octanol–water partition coefficient (Wildman–Crippen LogP) is 2.35. The maximum absolute atomic E-state index is 13.5. The number of nitrogen functional groups attached to an aromatic ring is 1. The van der Waals surface area contributed by atoms with Gasteiger partial charge in [-0.15, -0.1) is 0 Å². The second-order valence-electron chi connectivity index (χ2n) is 3.52. The van der Waals surface area contributed by atoms with Gasteiger partial charge in [0.15, 0.2) is 11.6 Å². The van der Waals surface area contributed by atoms with Gasteiger partial charge in [-0.3, -0.25) is 0 Å². The van der Waals surface area contributed by atoms with Gasteiger partial charge >= 0.3 is 0 Å². The first-order valence-corrected chi connectivity index (χ1v) is 4.84. The molecule has 0 aliphatic carbocycles. The highest BCUT2D eigenvalue weighted by Gasteiger charge is 2.17. The fraction of sp³-hybridized carbons (Fsp3) is 0.182. The molecule has 0 fully saturated rings. The highest BCUT2D eigenvalue weighted by atomic mass is 19.2. The Kier molecular flexibility index (Phi) is 2.60. The lowest BCUT2D eigenvalue weighted by molar-refractivity contribution is 0.471. The molecule has 0 amide bonds. The smallest absolute Gasteiger partial charge is 0.164 e. The molecule has 1 heterocycles. The Morgan fingerprint density at radius 1 is 1.31 bits per heavy atom. The quantitative estimate of drug-likeness (QED) is 0.849. The second kappa shape index (κ2) is 3.92. The third-order valence-corrected chi connectivity index (χ3v) is 2.50. The van der Waals surface area contributed by atoms with Gasteiger partial charge in [0.1, 0.15) is 5.82 Å². The van der Waals surface area contributed by atoms with Crippen molar-refractivity contribution >= 4 is 5.82 Å². The van der Waals surface area contributed by atoms with Gasteiger partial charge in [0.05, 0.1) is 12.2 Å². The highest BCUT2D eigenvalue weighted by Crippen LogP contribution is 2.23. The highest BCUT2D eigenvalue weighted by molar-refractivity contribution is 5.31. The van der Waals surface area contributed by atoms with E-state index in [-0.39, 0.29) is 5.56 Å². The van der Waals surface area contributed by atoms with Crippen LogP contribution in [0.3, 0.4) is 0 Å². The summed E-state index contributed by atoms with van der Waals surface area (Å²) in [6, 6.07) is 5.23. The van der Waals surface area contributed by atoms with Crippen LogP contribution in [0.15, 0.2) is 30.5 Å². The Bertz CT molecular complexity index is 508. The second-order valence-corrected chi connectivity index (χ2v) is 3.52. The van der Waals surface area contributed by atoms with E-state index in [2.05, 4.69) is 5.10 Å². The van der Waals surface area contributed by atoms with E-state index < -0.39 is 17.7 Å². The topological polar surface area (TPSA) is 43.8 Å². The minimum Gasteiger partial charge on any atom is -0.384 e. The molecule has 2 N–H and O–H groups in total. The summed E-state index contributed by atoms with van der Waals surface area (Å²) in [7, 11) is 0. The van der Waals surface area contributed by atoms with E-state index in [4.69, 9.17) is 5.73 Å². The van der Waals surface area contributed by atoms with Gasteiger partial charge in [-0.1, -0.05) is 12.1 Å². The van der Waals surface area contributed by atoms with Gasteiger partial charge in [0, 0.05) is 5.56 Å². The molecule has 5 heteroatoms. The van der Waals surface area contributed by atoms with Crippen LogP contribution in [0.4, 0.5) is 14.6 Å².